The average molecular weight is 440 g/mol. The maximum absolute atomic E-state index is 12.8. The van der Waals surface area contributed by atoms with E-state index in [1.807, 2.05) is 0 Å². The zero-order valence-electron chi connectivity index (χ0n) is 18.4. The summed E-state index contributed by atoms with van der Waals surface area (Å²) in [6.45, 7) is 8.01. The van der Waals surface area contributed by atoms with Crippen molar-refractivity contribution in [2.45, 2.75) is 48.9 Å². The zero-order valence-corrected chi connectivity index (χ0v) is 19.2. The van der Waals surface area contributed by atoms with Crippen LogP contribution in [0.3, 0.4) is 0 Å². The highest BCUT2D eigenvalue weighted by atomic mass is 32.2. The van der Waals surface area contributed by atoms with Crippen LogP contribution in [0.5, 0.6) is 0 Å². The molecule has 1 N–H and O–H groups in total. The molecule has 0 radical (unpaired) electrons. The molecule has 0 saturated carbocycles. The second-order valence-corrected chi connectivity index (χ2v) is 9.64. The Labute approximate surface area is 189 Å². The number of aromatic nitrogens is 2. The number of piperidine rings is 1. The second-order valence-electron chi connectivity index (χ2n) is 8.58. The number of nitrogens with zero attached hydrogens (tertiary/aromatic N) is 4. The summed E-state index contributed by atoms with van der Waals surface area (Å²) in [5.41, 5.74) is 1.24. The van der Waals surface area contributed by atoms with Gasteiger partial charge in [0.05, 0.1) is 5.92 Å². The smallest absolute Gasteiger partial charge is 0.224 e. The molecular weight excluding hydrogens is 406 g/mol. The van der Waals surface area contributed by atoms with E-state index in [1.165, 1.54) is 31.5 Å². The molecule has 0 bridgehead atoms. The van der Waals surface area contributed by atoms with Gasteiger partial charge < -0.3 is 15.1 Å². The van der Waals surface area contributed by atoms with Crippen molar-refractivity contribution >= 4 is 23.5 Å². The van der Waals surface area contributed by atoms with E-state index in [0.717, 1.165) is 54.6 Å². The molecule has 1 amide bonds. The Balaban J connectivity index is 1.32. The number of benzene rings is 1. The molecule has 4 rings (SSSR count). The van der Waals surface area contributed by atoms with Gasteiger partial charge >= 0.3 is 0 Å². The van der Waals surface area contributed by atoms with Crippen LogP contribution in [-0.2, 0) is 4.79 Å². The van der Waals surface area contributed by atoms with Crippen molar-refractivity contribution in [2.75, 3.05) is 44.2 Å². The number of rotatable bonds is 8. The van der Waals surface area contributed by atoms with Crippen LogP contribution in [0.4, 0.5) is 5.82 Å². The lowest BCUT2D eigenvalue weighted by molar-refractivity contribution is -0.125. The fourth-order valence-corrected chi connectivity index (χ4v) is 5.26. The number of aryl methyl sites for hydroxylation is 1. The van der Waals surface area contributed by atoms with Crippen LogP contribution in [0.25, 0.3) is 0 Å². The first-order valence-corrected chi connectivity index (χ1v) is 12.3. The summed E-state index contributed by atoms with van der Waals surface area (Å²) in [7, 11) is 0. The number of carbonyl (C=O) groups excluding carboxylic acids is 1. The highest BCUT2D eigenvalue weighted by Crippen LogP contribution is 2.34. The van der Waals surface area contributed by atoms with Gasteiger partial charge in [0.25, 0.3) is 0 Å². The Morgan fingerprint density at radius 3 is 2.68 bits per heavy atom. The SMILES string of the molecule is Cc1ccc(Sc2nccnc2N2CCC[C@H](C(=O)NCCCN3CCCC3)C2)cc1. The van der Waals surface area contributed by atoms with Crippen LogP contribution in [0.2, 0.25) is 0 Å². The van der Waals surface area contributed by atoms with Crippen molar-refractivity contribution in [2.24, 2.45) is 5.92 Å². The maximum Gasteiger partial charge on any atom is 0.224 e. The van der Waals surface area contributed by atoms with Crippen molar-refractivity contribution in [1.82, 2.24) is 20.2 Å². The molecule has 2 saturated heterocycles. The van der Waals surface area contributed by atoms with Gasteiger partial charge in [0, 0.05) is 36.9 Å². The van der Waals surface area contributed by atoms with Crippen molar-refractivity contribution < 1.29 is 4.79 Å². The number of anilines is 1. The molecule has 1 atom stereocenters. The topological polar surface area (TPSA) is 61.4 Å². The minimum Gasteiger partial charge on any atom is -0.356 e. The van der Waals surface area contributed by atoms with Gasteiger partial charge in [0.1, 0.15) is 5.03 Å². The van der Waals surface area contributed by atoms with Gasteiger partial charge in [-0.2, -0.15) is 0 Å². The zero-order chi connectivity index (χ0) is 21.5. The number of hydrogen-bond acceptors (Lipinski definition) is 6. The van der Waals surface area contributed by atoms with Gasteiger partial charge in [-0.25, -0.2) is 9.97 Å². The maximum atomic E-state index is 12.8. The van der Waals surface area contributed by atoms with Crippen molar-refractivity contribution in [3.63, 3.8) is 0 Å². The van der Waals surface area contributed by atoms with Crippen molar-refractivity contribution in [1.29, 1.82) is 0 Å². The van der Waals surface area contributed by atoms with Crippen LogP contribution < -0.4 is 10.2 Å². The molecule has 7 heteroatoms. The van der Waals surface area contributed by atoms with Gasteiger partial charge in [0.15, 0.2) is 5.82 Å². The third-order valence-electron chi connectivity index (χ3n) is 6.12. The van der Waals surface area contributed by atoms with E-state index in [0.29, 0.717) is 6.54 Å². The molecular formula is C24H33N5OS. The van der Waals surface area contributed by atoms with Gasteiger partial charge in [-0.05, 0) is 70.8 Å². The van der Waals surface area contributed by atoms with E-state index in [-0.39, 0.29) is 11.8 Å². The Kier molecular flexibility index (Phi) is 7.81. The van der Waals surface area contributed by atoms with Crippen LogP contribution >= 0.6 is 11.8 Å². The Morgan fingerprint density at radius 2 is 1.87 bits per heavy atom. The molecule has 2 fully saturated rings. The Hall–Kier alpha value is -2.12. The minimum atomic E-state index is 0.0137. The van der Waals surface area contributed by atoms with Crippen molar-refractivity contribution in [3.8, 4) is 0 Å². The lowest BCUT2D eigenvalue weighted by Gasteiger charge is -2.33. The molecule has 3 heterocycles. The first-order chi connectivity index (χ1) is 15.2. The predicted molar refractivity (Wildman–Crippen MR) is 126 cm³/mol. The van der Waals surface area contributed by atoms with E-state index in [4.69, 9.17) is 0 Å². The molecule has 6 nitrogen and oxygen atoms in total. The summed E-state index contributed by atoms with van der Waals surface area (Å²) in [6, 6.07) is 8.47. The highest BCUT2D eigenvalue weighted by molar-refractivity contribution is 7.99. The lowest BCUT2D eigenvalue weighted by atomic mass is 9.97. The summed E-state index contributed by atoms with van der Waals surface area (Å²) >= 11 is 1.63. The standard InChI is InChI=1S/C24H33N5OS/c1-19-7-9-21(10-8-19)31-24-22(25-12-13-27-24)29-17-4-6-20(18-29)23(30)26-11-5-16-28-14-2-3-15-28/h7-10,12-13,20H,2-6,11,14-18H2,1H3,(H,26,30)/t20-/m0/s1. The number of nitrogens with one attached hydrogen (secondary N) is 1. The fraction of sp³-hybridized carbons (Fsp3) is 0.542. The van der Waals surface area contributed by atoms with E-state index < -0.39 is 0 Å². The van der Waals surface area contributed by atoms with E-state index in [1.54, 1.807) is 24.2 Å². The van der Waals surface area contributed by atoms with Gasteiger partial charge in [-0.3, -0.25) is 4.79 Å². The van der Waals surface area contributed by atoms with Crippen LogP contribution in [-0.4, -0.2) is 60.0 Å². The minimum absolute atomic E-state index is 0.0137. The first kappa shape index (κ1) is 22.1. The average Bonchev–Trinajstić information content (AvgIpc) is 3.32. The monoisotopic (exact) mass is 439 g/mol. The number of carbonyl (C=O) groups is 1. The highest BCUT2D eigenvalue weighted by Gasteiger charge is 2.28. The van der Waals surface area contributed by atoms with Gasteiger partial charge in [-0.15, -0.1) is 0 Å². The normalized spacial score (nSPS) is 19.5. The molecule has 0 aliphatic carbocycles. The summed E-state index contributed by atoms with van der Waals surface area (Å²) in [4.78, 5) is 27.9. The Bertz CT molecular complexity index is 853. The van der Waals surface area contributed by atoms with Gasteiger partial charge in [-0.1, -0.05) is 29.5 Å². The second kappa shape index (κ2) is 11.0. The number of likely N-dealkylation sites (tertiary alicyclic amines) is 1. The molecule has 0 unspecified atom stereocenters. The molecule has 1 aromatic carbocycles. The summed E-state index contributed by atoms with van der Waals surface area (Å²) in [6.07, 6.45) is 9.09. The van der Waals surface area contributed by atoms with Crippen molar-refractivity contribution in [3.05, 3.63) is 42.2 Å². The van der Waals surface area contributed by atoms with E-state index in [9.17, 15) is 4.79 Å². The molecule has 0 spiro atoms. The number of hydrogen-bond donors (Lipinski definition) is 1. The Morgan fingerprint density at radius 1 is 1.10 bits per heavy atom. The number of amides is 1. The van der Waals surface area contributed by atoms with Crippen LogP contribution in [0.15, 0.2) is 46.6 Å². The van der Waals surface area contributed by atoms with Crippen LogP contribution in [0, 0.1) is 12.8 Å². The summed E-state index contributed by atoms with van der Waals surface area (Å²) in [5, 5.41) is 4.08. The largest absolute Gasteiger partial charge is 0.356 e. The lowest BCUT2D eigenvalue weighted by Crippen LogP contribution is -2.44. The van der Waals surface area contributed by atoms with Crippen LogP contribution in [0.1, 0.15) is 37.7 Å². The fourth-order valence-electron chi connectivity index (χ4n) is 4.37. The third-order valence-corrected chi connectivity index (χ3v) is 7.11. The first-order valence-electron chi connectivity index (χ1n) is 11.5. The molecule has 2 aromatic rings. The third kappa shape index (κ3) is 6.20. The predicted octanol–water partition coefficient (Wildman–Crippen LogP) is 3.75. The molecule has 1 aromatic heterocycles. The molecule has 2 aliphatic rings. The quantitative estimate of drug-likeness (QED) is 0.632. The molecule has 2 aliphatic heterocycles. The summed E-state index contributed by atoms with van der Waals surface area (Å²) in [5.74, 6) is 1.09. The van der Waals surface area contributed by atoms with E-state index >= 15 is 0 Å². The van der Waals surface area contributed by atoms with E-state index in [2.05, 4.69) is 56.3 Å². The molecule has 166 valence electrons. The molecule has 31 heavy (non-hydrogen) atoms. The van der Waals surface area contributed by atoms with Gasteiger partial charge in [0.2, 0.25) is 5.91 Å². The summed E-state index contributed by atoms with van der Waals surface area (Å²) < 4.78 is 0.